The van der Waals surface area contributed by atoms with Crippen LogP contribution in [0.5, 0.6) is 0 Å². The number of benzene rings is 2. The van der Waals surface area contributed by atoms with Crippen molar-refractivity contribution in [2.75, 3.05) is 5.88 Å². The Bertz CT molecular complexity index is 472. The second-order valence-corrected chi connectivity index (χ2v) is 13.4. The van der Waals surface area contributed by atoms with E-state index in [-0.39, 0.29) is 0 Å². The van der Waals surface area contributed by atoms with E-state index in [0.29, 0.717) is 33.1 Å². The molecule has 0 N–H and O–H groups in total. The van der Waals surface area contributed by atoms with Crippen molar-refractivity contribution in [3.63, 3.8) is 0 Å². The summed E-state index contributed by atoms with van der Waals surface area (Å²) >= 11 is 6.88. The molecule has 0 amide bonds. The van der Waals surface area contributed by atoms with Gasteiger partial charge in [0.15, 0.2) is 0 Å². The maximum atomic E-state index is 5.86. The molecule has 112 valence electrons. The molecule has 2 aromatic carbocycles. The van der Waals surface area contributed by atoms with Crippen LogP contribution in [0.3, 0.4) is 0 Å². The van der Waals surface area contributed by atoms with Gasteiger partial charge in [0.2, 0.25) is 0 Å². The molecule has 0 bridgehead atoms. The summed E-state index contributed by atoms with van der Waals surface area (Å²) in [5.41, 5.74) is 0. The van der Waals surface area contributed by atoms with Gasteiger partial charge in [0.1, 0.15) is 0 Å². The fourth-order valence-corrected chi connectivity index (χ4v) is 9.32. The predicted molar refractivity (Wildman–Crippen MR) is 96.6 cm³/mol. The average molecular weight is 431 g/mol. The number of unbranched alkanes of at least 4 members (excludes halogenated alkanes) is 1. The van der Waals surface area contributed by atoms with Crippen molar-refractivity contribution in [1.82, 2.24) is 0 Å². The Hall–Kier alpha value is -0.231. The Morgan fingerprint density at radius 1 is 0.810 bits per heavy atom. The van der Waals surface area contributed by atoms with Crippen LogP contribution < -0.4 is 8.92 Å². The van der Waals surface area contributed by atoms with Gasteiger partial charge >= 0.3 is 146 Å². The van der Waals surface area contributed by atoms with Crippen LogP contribution in [0.4, 0.5) is 0 Å². The van der Waals surface area contributed by atoms with Gasteiger partial charge in [-0.1, -0.05) is 0 Å². The van der Waals surface area contributed by atoms with Gasteiger partial charge in [-0.3, -0.25) is 0 Å². The molecule has 3 heteroatoms. The minimum atomic E-state index is 0.425. The molecule has 0 spiro atoms. The van der Waals surface area contributed by atoms with Crippen LogP contribution >= 0.6 is 11.6 Å². The van der Waals surface area contributed by atoms with E-state index in [1.54, 1.807) is 0 Å². The van der Waals surface area contributed by atoms with Crippen molar-refractivity contribution >= 4 is 50.4 Å². The Kier molecular flexibility index (Phi) is 7.37. The summed E-state index contributed by atoms with van der Waals surface area (Å²) < 4.78 is 3.45. The first-order chi connectivity index (χ1) is 10.2. The van der Waals surface area contributed by atoms with Crippen LogP contribution in [0.15, 0.2) is 60.7 Å². The molecular formula is C18H21ClSe2. The van der Waals surface area contributed by atoms with Crippen LogP contribution in [0.1, 0.15) is 26.2 Å². The number of hydrogen-bond acceptors (Lipinski definition) is 0. The van der Waals surface area contributed by atoms with Crippen LogP contribution in [-0.2, 0) is 0 Å². The third-order valence-electron chi connectivity index (χ3n) is 3.17. The van der Waals surface area contributed by atoms with Crippen molar-refractivity contribution in [1.29, 1.82) is 0 Å². The van der Waals surface area contributed by atoms with E-state index >= 15 is 0 Å². The normalized spacial score (nSPS) is 11.5. The van der Waals surface area contributed by atoms with Gasteiger partial charge in [-0.05, 0) is 0 Å². The summed E-state index contributed by atoms with van der Waals surface area (Å²) in [5, 5.41) is 0. The molecule has 0 nitrogen and oxygen atoms in total. The van der Waals surface area contributed by atoms with Crippen molar-refractivity contribution in [3.05, 3.63) is 60.7 Å². The molecule has 2 aromatic rings. The van der Waals surface area contributed by atoms with E-state index < -0.39 is 0 Å². The molecule has 0 aliphatic heterocycles. The van der Waals surface area contributed by atoms with Crippen molar-refractivity contribution < 1.29 is 0 Å². The number of alkyl halides is 1. The quantitative estimate of drug-likeness (QED) is 0.341. The number of hydrogen-bond donors (Lipinski definition) is 0. The van der Waals surface area contributed by atoms with Gasteiger partial charge < -0.3 is 0 Å². The second kappa shape index (κ2) is 9.03. The molecule has 2 rings (SSSR count). The van der Waals surface area contributed by atoms with Crippen LogP contribution in [-0.4, -0.2) is 35.8 Å². The zero-order chi connectivity index (χ0) is 15.0. The molecule has 0 unspecified atom stereocenters. The first-order valence-corrected chi connectivity index (χ1v) is 11.2. The number of halogens is 1. The molecule has 0 heterocycles. The summed E-state index contributed by atoms with van der Waals surface area (Å²) in [6.07, 6.45) is 3.65. The molecule has 0 radical (unpaired) electrons. The van der Waals surface area contributed by atoms with Crippen LogP contribution in [0.25, 0.3) is 0 Å². The maximum absolute atomic E-state index is 5.86. The molecular weight excluding hydrogens is 410 g/mol. The first-order valence-electron chi connectivity index (χ1n) is 7.26. The Balaban J connectivity index is 2.09. The van der Waals surface area contributed by atoms with E-state index in [1.807, 2.05) is 0 Å². The second-order valence-electron chi connectivity index (χ2n) is 5.11. The Morgan fingerprint density at radius 3 is 1.71 bits per heavy atom. The molecule has 21 heavy (non-hydrogen) atoms. The minimum absolute atomic E-state index is 0.425. The van der Waals surface area contributed by atoms with E-state index in [2.05, 4.69) is 67.6 Å². The van der Waals surface area contributed by atoms with Crippen LogP contribution in [0.2, 0.25) is 3.21 Å². The SMILES string of the molecule is CC(CCCCCl)([Se]c1ccccc1)[Se]c1ccccc1. The zero-order valence-electron chi connectivity index (χ0n) is 12.3. The van der Waals surface area contributed by atoms with E-state index in [1.165, 1.54) is 21.8 Å². The summed E-state index contributed by atoms with van der Waals surface area (Å²) in [6.45, 7) is 2.47. The Morgan fingerprint density at radius 2 is 1.29 bits per heavy atom. The molecule has 0 aromatic heterocycles. The van der Waals surface area contributed by atoms with Gasteiger partial charge in [0, 0.05) is 0 Å². The molecule has 0 fully saturated rings. The summed E-state index contributed by atoms with van der Waals surface area (Å²) in [5.74, 6) is 0.784. The fraction of sp³-hybridized carbons (Fsp3) is 0.333. The van der Waals surface area contributed by atoms with E-state index in [9.17, 15) is 0 Å². The van der Waals surface area contributed by atoms with Crippen molar-refractivity contribution in [2.24, 2.45) is 0 Å². The third-order valence-corrected chi connectivity index (χ3v) is 10.1. The van der Waals surface area contributed by atoms with E-state index in [0.717, 1.165) is 12.3 Å². The van der Waals surface area contributed by atoms with Crippen molar-refractivity contribution in [2.45, 2.75) is 29.4 Å². The molecule has 0 aliphatic carbocycles. The van der Waals surface area contributed by atoms with Gasteiger partial charge in [0.25, 0.3) is 0 Å². The average Bonchev–Trinajstić information content (AvgIpc) is 2.49. The monoisotopic (exact) mass is 432 g/mol. The van der Waals surface area contributed by atoms with E-state index in [4.69, 9.17) is 11.6 Å². The fourth-order valence-electron chi connectivity index (χ4n) is 2.14. The topological polar surface area (TPSA) is 0 Å². The third kappa shape index (κ3) is 6.18. The van der Waals surface area contributed by atoms with Gasteiger partial charge in [-0.15, -0.1) is 0 Å². The number of rotatable bonds is 8. The van der Waals surface area contributed by atoms with Crippen LogP contribution in [0, 0.1) is 0 Å². The summed E-state index contributed by atoms with van der Waals surface area (Å²) in [7, 11) is 0. The van der Waals surface area contributed by atoms with Crippen molar-refractivity contribution in [3.8, 4) is 0 Å². The molecule has 0 aliphatic rings. The molecule has 0 saturated carbocycles. The molecule has 0 atom stereocenters. The summed E-state index contributed by atoms with van der Waals surface area (Å²) in [4.78, 5) is 0. The van der Waals surface area contributed by atoms with Gasteiger partial charge in [-0.2, -0.15) is 0 Å². The molecule has 0 saturated heterocycles. The Labute approximate surface area is 146 Å². The first kappa shape index (κ1) is 17.1. The zero-order valence-corrected chi connectivity index (χ0v) is 16.5. The standard InChI is InChI=1S/C18H21ClSe2/c1-18(14-8-9-15-19,20-16-10-4-2-5-11-16)21-17-12-6-3-7-13-17/h2-7,10-13H,8-9,14-15H2,1H3. The predicted octanol–water partition coefficient (Wildman–Crippen LogP) is 3.59. The van der Waals surface area contributed by atoms with Gasteiger partial charge in [0.05, 0.1) is 0 Å². The summed E-state index contributed by atoms with van der Waals surface area (Å²) in [6, 6.07) is 22.0. The van der Waals surface area contributed by atoms with Gasteiger partial charge in [-0.25, -0.2) is 0 Å².